The summed E-state index contributed by atoms with van der Waals surface area (Å²) in [5, 5.41) is 11.8. The van der Waals surface area contributed by atoms with Gasteiger partial charge in [0.15, 0.2) is 0 Å². The summed E-state index contributed by atoms with van der Waals surface area (Å²) in [4.78, 5) is 23.8. The molecule has 2 rings (SSSR count). The zero-order chi connectivity index (χ0) is 18.1. The monoisotopic (exact) mass is 341 g/mol. The number of carboxylic acid groups (broad SMARTS) is 1. The number of benzene rings is 2. The van der Waals surface area contributed by atoms with Crippen molar-refractivity contribution >= 4 is 11.9 Å². The van der Waals surface area contributed by atoms with Gasteiger partial charge in [-0.15, -0.1) is 0 Å². The van der Waals surface area contributed by atoms with Gasteiger partial charge in [0.25, 0.3) is 5.91 Å². The van der Waals surface area contributed by atoms with E-state index in [9.17, 15) is 14.7 Å². The highest BCUT2D eigenvalue weighted by atomic mass is 16.5. The number of carbonyl (C=O) groups excluding carboxylic acids is 1. The van der Waals surface area contributed by atoms with Crippen LogP contribution in [0.3, 0.4) is 0 Å². The van der Waals surface area contributed by atoms with Crippen molar-refractivity contribution in [2.24, 2.45) is 0 Å². The van der Waals surface area contributed by atoms with E-state index in [2.05, 4.69) is 5.32 Å². The van der Waals surface area contributed by atoms with Crippen LogP contribution in [0, 0.1) is 0 Å². The highest BCUT2D eigenvalue weighted by molar-refractivity contribution is 5.97. The number of nitrogens with one attached hydrogen (secondary N) is 1. The Bertz CT molecular complexity index is 700. The van der Waals surface area contributed by atoms with E-state index in [0.29, 0.717) is 12.0 Å². The molecule has 5 nitrogen and oxygen atoms in total. The molecule has 1 amide bonds. The molecule has 0 spiro atoms. The summed E-state index contributed by atoms with van der Waals surface area (Å²) in [5.41, 5.74) is 2.61. The molecular formula is C20H23NO4. The number of hydrogen-bond acceptors (Lipinski definition) is 3. The van der Waals surface area contributed by atoms with E-state index < -0.39 is 12.0 Å². The molecule has 2 aromatic carbocycles. The molecule has 25 heavy (non-hydrogen) atoms. The van der Waals surface area contributed by atoms with Crippen LogP contribution in [0.25, 0.3) is 0 Å². The van der Waals surface area contributed by atoms with Crippen molar-refractivity contribution in [1.29, 1.82) is 0 Å². The minimum absolute atomic E-state index is 0.226. The number of ether oxygens (including phenoxy) is 1. The van der Waals surface area contributed by atoms with Crippen LogP contribution in [0.2, 0.25) is 0 Å². The molecule has 0 fully saturated rings. The van der Waals surface area contributed by atoms with E-state index in [0.717, 1.165) is 12.0 Å². The lowest BCUT2D eigenvalue weighted by Crippen LogP contribution is -2.41. The maximum absolute atomic E-state index is 12.5. The quantitative estimate of drug-likeness (QED) is 0.735. The van der Waals surface area contributed by atoms with E-state index in [-0.39, 0.29) is 18.9 Å². The summed E-state index contributed by atoms with van der Waals surface area (Å²) >= 11 is 0. The number of amides is 1. The third-order valence-corrected chi connectivity index (χ3v) is 4.00. The molecule has 0 bridgehead atoms. The summed E-state index contributed by atoms with van der Waals surface area (Å²) in [7, 11) is 1.50. The van der Waals surface area contributed by atoms with E-state index in [1.807, 2.05) is 42.5 Å². The van der Waals surface area contributed by atoms with Gasteiger partial charge in [-0.05, 0) is 30.0 Å². The predicted molar refractivity (Wildman–Crippen MR) is 95.7 cm³/mol. The van der Waals surface area contributed by atoms with Crippen LogP contribution < -0.4 is 5.32 Å². The molecule has 0 saturated carbocycles. The van der Waals surface area contributed by atoms with Crippen LogP contribution in [-0.2, 0) is 22.4 Å². The number of aryl methyl sites for hydroxylation is 2. The Labute approximate surface area is 147 Å². The standard InChI is InChI=1S/C20H23NO4/c1-25-14-13-18(20(23)24)21-19(22)17-10-6-5-9-16(17)12-11-15-7-3-2-4-8-15/h2-10,18H,11-14H2,1H3,(H,21,22)(H,23,24). The largest absolute Gasteiger partial charge is 0.480 e. The van der Waals surface area contributed by atoms with Gasteiger partial charge in [-0.2, -0.15) is 0 Å². The van der Waals surface area contributed by atoms with Gasteiger partial charge in [-0.3, -0.25) is 4.79 Å². The maximum atomic E-state index is 12.5. The molecule has 0 radical (unpaired) electrons. The number of carboxylic acids is 1. The first-order valence-electron chi connectivity index (χ1n) is 8.26. The number of methoxy groups -OCH3 is 1. The van der Waals surface area contributed by atoms with Gasteiger partial charge >= 0.3 is 5.97 Å². The fraction of sp³-hybridized carbons (Fsp3) is 0.300. The first-order valence-corrected chi connectivity index (χ1v) is 8.26. The number of hydrogen-bond donors (Lipinski definition) is 2. The van der Waals surface area contributed by atoms with Crippen LogP contribution in [0.5, 0.6) is 0 Å². The zero-order valence-electron chi connectivity index (χ0n) is 14.3. The molecule has 2 N–H and O–H groups in total. The lowest BCUT2D eigenvalue weighted by Gasteiger charge is -2.16. The number of rotatable bonds is 9. The smallest absolute Gasteiger partial charge is 0.326 e. The number of aliphatic carboxylic acids is 1. The SMILES string of the molecule is COCCC(NC(=O)c1ccccc1CCc1ccccc1)C(=O)O. The van der Waals surface area contributed by atoms with Gasteiger partial charge in [-0.25, -0.2) is 4.79 Å². The van der Waals surface area contributed by atoms with E-state index in [1.165, 1.54) is 12.7 Å². The second-order valence-corrected chi connectivity index (χ2v) is 5.79. The van der Waals surface area contributed by atoms with Crippen molar-refractivity contribution in [3.8, 4) is 0 Å². The predicted octanol–water partition coefficient (Wildman–Crippen LogP) is 2.69. The van der Waals surface area contributed by atoms with Crippen LogP contribution in [0.1, 0.15) is 27.9 Å². The maximum Gasteiger partial charge on any atom is 0.326 e. The molecule has 2 aromatic rings. The Kier molecular flexibility index (Phi) is 7.16. The third kappa shape index (κ3) is 5.72. The zero-order valence-corrected chi connectivity index (χ0v) is 14.3. The second-order valence-electron chi connectivity index (χ2n) is 5.79. The Morgan fingerprint density at radius 3 is 2.40 bits per heavy atom. The molecule has 132 valence electrons. The van der Waals surface area contributed by atoms with Gasteiger partial charge in [-0.1, -0.05) is 48.5 Å². The van der Waals surface area contributed by atoms with Crippen molar-refractivity contribution in [2.45, 2.75) is 25.3 Å². The first-order chi connectivity index (χ1) is 12.1. The summed E-state index contributed by atoms with van der Waals surface area (Å²) in [6.45, 7) is 0.271. The average molecular weight is 341 g/mol. The summed E-state index contributed by atoms with van der Waals surface area (Å²) in [6, 6.07) is 16.4. The third-order valence-electron chi connectivity index (χ3n) is 4.00. The van der Waals surface area contributed by atoms with Gasteiger partial charge in [0, 0.05) is 25.7 Å². The Balaban J connectivity index is 2.07. The van der Waals surface area contributed by atoms with Crippen molar-refractivity contribution < 1.29 is 19.4 Å². The summed E-state index contributed by atoms with van der Waals surface area (Å²) in [6.07, 6.45) is 1.75. The van der Waals surface area contributed by atoms with Crippen molar-refractivity contribution in [1.82, 2.24) is 5.32 Å². The molecule has 1 atom stereocenters. The summed E-state index contributed by atoms with van der Waals surface area (Å²) in [5.74, 6) is -1.43. The van der Waals surface area contributed by atoms with E-state index >= 15 is 0 Å². The molecule has 0 heterocycles. The molecule has 0 aromatic heterocycles. The molecule has 0 aliphatic carbocycles. The highest BCUT2D eigenvalue weighted by Gasteiger charge is 2.21. The fourth-order valence-corrected chi connectivity index (χ4v) is 2.61. The lowest BCUT2D eigenvalue weighted by atomic mass is 9.99. The van der Waals surface area contributed by atoms with Crippen molar-refractivity contribution in [2.75, 3.05) is 13.7 Å². The van der Waals surface area contributed by atoms with Crippen LogP contribution in [-0.4, -0.2) is 36.7 Å². The van der Waals surface area contributed by atoms with Crippen LogP contribution in [0.4, 0.5) is 0 Å². The molecule has 0 aliphatic heterocycles. The fourth-order valence-electron chi connectivity index (χ4n) is 2.61. The molecule has 0 aliphatic rings. The minimum Gasteiger partial charge on any atom is -0.480 e. The van der Waals surface area contributed by atoms with Crippen LogP contribution >= 0.6 is 0 Å². The van der Waals surface area contributed by atoms with Gasteiger partial charge in [0.1, 0.15) is 6.04 Å². The van der Waals surface area contributed by atoms with Gasteiger partial charge < -0.3 is 15.2 Å². The Morgan fingerprint density at radius 2 is 1.72 bits per heavy atom. The molecule has 5 heteroatoms. The number of carbonyl (C=O) groups is 2. The van der Waals surface area contributed by atoms with Crippen LogP contribution in [0.15, 0.2) is 54.6 Å². The normalized spacial score (nSPS) is 11.7. The Hall–Kier alpha value is -2.66. The minimum atomic E-state index is -1.06. The topological polar surface area (TPSA) is 75.6 Å². The molecule has 0 saturated heterocycles. The highest BCUT2D eigenvalue weighted by Crippen LogP contribution is 2.13. The molecular weight excluding hydrogens is 318 g/mol. The van der Waals surface area contributed by atoms with E-state index in [1.54, 1.807) is 12.1 Å². The van der Waals surface area contributed by atoms with Crippen molar-refractivity contribution in [3.05, 3.63) is 71.3 Å². The van der Waals surface area contributed by atoms with E-state index in [4.69, 9.17) is 4.74 Å². The second kappa shape index (κ2) is 9.59. The molecule has 1 unspecified atom stereocenters. The lowest BCUT2D eigenvalue weighted by molar-refractivity contribution is -0.139. The Morgan fingerprint density at radius 1 is 1.04 bits per heavy atom. The summed E-state index contributed by atoms with van der Waals surface area (Å²) < 4.78 is 4.91. The van der Waals surface area contributed by atoms with Gasteiger partial charge in [0.2, 0.25) is 0 Å². The van der Waals surface area contributed by atoms with Crippen molar-refractivity contribution in [3.63, 3.8) is 0 Å². The van der Waals surface area contributed by atoms with Gasteiger partial charge in [0.05, 0.1) is 0 Å². The average Bonchev–Trinajstić information content (AvgIpc) is 2.64. The first kappa shape index (κ1) is 18.7.